The zero-order valence-corrected chi connectivity index (χ0v) is 10.2. The summed E-state index contributed by atoms with van der Waals surface area (Å²) in [5.74, 6) is 0.819. The highest BCUT2D eigenvalue weighted by Gasteiger charge is 2.00. The van der Waals surface area contributed by atoms with Gasteiger partial charge in [0.15, 0.2) is 0 Å². The summed E-state index contributed by atoms with van der Waals surface area (Å²) >= 11 is 0. The number of aromatic nitrogens is 2. The molecule has 1 aromatic heterocycles. The van der Waals surface area contributed by atoms with Gasteiger partial charge in [-0.15, -0.1) is 0 Å². The summed E-state index contributed by atoms with van der Waals surface area (Å²) < 4.78 is 6.93. The van der Waals surface area contributed by atoms with Crippen molar-refractivity contribution in [3.05, 3.63) is 58.3 Å². The lowest BCUT2D eigenvalue weighted by Gasteiger charge is -2.08. The van der Waals surface area contributed by atoms with Crippen LogP contribution in [0.4, 0.5) is 0 Å². The smallest absolute Gasteiger partial charge is 0.277 e. The Kier molecular flexibility index (Phi) is 3.74. The number of nitrogens with zero attached hydrogens (tertiary/aromatic N) is 2. The SMILES string of the molecule is COc1ccc(Cn2cnc(=O)c(CN)c2)cc1. The second kappa shape index (κ2) is 5.46. The van der Waals surface area contributed by atoms with Gasteiger partial charge in [-0.25, -0.2) is 0 Å². The van der Waals surface area contributed by atoms with E-state index in [1.54, 1.807) is 13.3 Å². The minimum atomic E-state index is -0.261. The van der Waals surface area contributed by atoms with Crippen LogP contribution in [0.15, 0.2) is 41.6 Å². The second-order valence-electron chi connectivity index (χ2n) is 3.93. The van der Waals surface area contributed by atoms with Crippen molar-refractivity contribution in [2.75, 3.05) is 7.11 Å². The van der Waals surface area contributed by atoms with Crippen LogP contribution in [0.2, 0.25) is 0 Å². The number of methoxy groups -OCH3 is 1. The van der Waals surface area contributed by atoms with Crippen LogP contribution in [0.3, 0.4) is 0 Å². The predicted molar refractivity (Wildman–Crippen MR) is 68.5 cm³/mol. The van der Waals surface area contributed by atoms with Crippen molar-refractivity contribution in [3.63, 3.8) is 0 Å². The van der Waals surface area contributed by atoms with Gasteiger partial charge in [0, 0.05) is 24.8 Å². The Morgan fingerprint density at radius 1 is 1.33 bits per heavy atom. The van der Waals surface area contributed by atoms with Crippen LogP contribution in [0.1, 0.15) is 11.1 Å². The van der Waals surface area contributed by atoms with Crippen molar-refractivity contribution in [2.24, 2.45) is 5.73 Å². The third-order valence-electron chi connectivity index (χ3n) is 2.66. The van der Waals surface area contributed by atoms with Gasteiger partial charge in [-0.1, -0.05) is 12.1 Å². The van der Waals surface area contributed by atoms with Gasteiger partial charge in [-0.2, -0.15) is 4.98 Å². The Hall–Kier alpha value is -2.14. The molecule has 94 valence electrons. The van der Waals surface area contributed by atoms with Gasteiger partial charge in [0.2, 0.25) is 0 Å². The van der Waals surface area contributed by atoms with Crippen LogP contribution >= 0.6 is 0 Å². The fourth-order valence-electron chi connectivity index (χ4n) is 1.67. The lowest BCUT2D eigenvalue weighted by molar-refractivity contribution is 0.414. The molecule has 2 rings (SSSR count). The number of ether oxygens (including phenoxy) is 1. The van der Waals surface area contributed by atoms with Crippen LogP contribution < -0.4 is 16.0 Å². The quantitative estimate of drug-likeness (QED) is 0.863. The first kappa shape index (κ1) is 12.3. The highest BCUT2D eigenvalue weighted by Crippen LogP contribution is 2.12. The maximum Gasteiger partial charge on any atom is 0.277 e. The summed E-state index contributed by atoms with van der Waals surface area (Å²) in [6.07, 6.45) is 3.26. The highest BCUT2D eigenvalue weighted by atomic mass is 16.5. The van der Waals surface area contributed by atoms with Crippen molar-refractivity contribution < 1.29 is 4.74 Å². The Morgan fingerprint density at radius 3 is 2.67 bits per heavy atom. The van der Waals surface area contributed by atoms with E-state index in [-0.39, 0.29) is 12.1 Å². The van der Waals surface area contributed by atoms with E-state index < -0.39 is 0 Å². The first-order valence-corrected chi connectivity index (χ1v) is 5.61. The molecule has 1 heterocycles. The third kappa shape index (κ3) is 2.75. The van der Waals surface area contributed by atoms with Crippen molar-refractivity contribution in [1.29, 1.82) is 0 Å². The van der Waals surface area contributed by atoms with Crippen LogP contribution in [0, 0.1) is 0 Å². The molecule has 5 heteroatoms. The zero-order valence-electron chi connectivity index (χ0n) is 10.2. The van der Waals surface area contributed by atoms with Crippen molar-refractivity contribution >= 4 is 0 Å². The molecule has 0 aliphatic carbocycles. The number of benzene rings is 1. The summed E-state index contributed by atoms with van der Waals surface area (Å²) in [5, 5.41) is 0. The number of hydrogen-bond donors (Lipinski definition) is 1. The van der Waals surface area contributed by atoms with Gasteiger partial charge in [0.05, 0.1) is 13.4 Å². The average molecular weight is 245 g/mol. The summed E-state index contributed by atoms with van der Waals surface area (Å²) in [4.78, 5) is 15.1. The Morgan fingerprint density at radius 2 is 2.06 bits per heavy atom. The molecule has 0 bridgehead atoms. The molecule has 0 atom stereocenters. The van der Waals surface area contributed by atoms with E-state index in [2.05, 4.69) is 4.98 Å². The largest absolute Gasteiger partial charge is 0.497 e. The molecule has 0 spiro atoms. The number of rotatable bonds is 4. The summed E-state index contributed by atoms with van der Waals surface area (Å²) in [7, 11) is 1.63. The van der Waals surface area contributed by atoms with Crippen molar-refractivity contribution in [1.82, 2.24) is 9.55 Å². The summed E-state index contributed by atoms with van der Waals surface area (Å²) in [6, 6.07) is 7.74. The topological polar surface area (TPSA) is 70.1 Å². The molecular weight excluding hydrogens is 230 g/mol. The van der Waals surface area contributed by atoms with Gasteiger partial charge >= 0.3 is 0 Å². The van der Waals surface area contributed by atoms with Crippen molar-refractivity contribution in [3.8, 4) is 5.75 Å². The number of hydrogen-bond acceptors (Lipinski definition) is 4. The molecule has 0 unspecified atom stereocenters. The van der Waals surface area contributed by atoms with E-state index in [9.17, 15) is 4.79 Å². The fraction of sp³-hybridized carbons (Fsp3) is 0.231. The minimum Gasteiger partial charge on any atom is -0.497 e. The van der Waals surface area contributed by atoms with E-state index in [4.69, 9.17) is 10.5 Å². The van der Waals surface area contributed by atoms with Gasteiger partial charge in [-0.3, -0.25) is 4.79 Å². The lowest BCUT2D eigenvalue weighted by atomic mass is 10.2. The Bertz CT molecular complexity index is 576. The monoisotopic (exact) mass is 245 g/mol. The number of nitrogens with two attached hydrogens (primary N) is 1. The van der Waals surface area contributed by atoms with E-state index in [0.717, 1.165) is 11.3 Å². The third-order valence-corrected chi connectivity index (χ3v) is 2.66. The Balaban J connectivity index is 2.20. The molecule has 0 amide bonds. The molecule has 2 N–H and O–H groups in total. The van der Waals surface area contributed by atoms with Crippen LogP contribution in [0.5, 0.6) is 5.75 Å². The van der Waals surface area contributed by atoms with E-state index >= 15 is 0 Å². The van der Waals surface area contributed by atoms with E-state index in [0.29, 0.717) is 12.1 Å². The molecule has 0 aliphatic heterocycles. The first-order chi connectivity index (χ1) is 8.72. The molecule has 0 radical (unpaired) electrons. The van der Waals surface area contributed by atoms with E-state index in [1.807, 2.05) is 28.8 Å². The molecule has 0 saturated carbocycles. The molecule has 2 aromatic rings. The molecule has 0 fully saturated rings. The maximum absolute atomic E-state index is 11.3. The Labute approximate surface area is 105 Å². The molecule has 5 nitrogen and oxygen atoms in total. The van der Waals surface area contributed by atoms with Gasteiger partial charge in [0.25, 0.3) is 5.56 Å². The minimum absolute atomic E-state index is 0.204. The molecule has 1 aromatic carbocycles. The summed E-state index contributed by atoms with van der Waals surface area (Å²) in [6.45, 7) is 0.847. The molecule has 0 saturated heterocycles. The average Bonchev–Trinajstić information content (AvgIpc) is 2.42. The predicted octanol–water partition coefficient (Wildman–Crippen LogP) is 0.759. The normalized spacial score (nSPS) is 10.3. The van der Waals surface area contributed by atoms with Crippen LogP contribution in [-0.4, -0.2) is 16.7 Å². The zero-order chi connectivity index (χ0) is 13.0. The van der Waals surface area contributed by atoms with Crippen LogP contribution in [-0.2, 0) is 13.1 Å². The van der Waals surface area contributed by atoms with E-state index in [1.165, 1.54) is 6.33 Å². The highest BCUT2D eigenvalue weighted by molar-refractivity contribution is 5.27. The lowest BCUT2D eigenvalue weighted by Crippen LogP contribution is -2.19. The van der Waals surface area contributed by atoms with Gasteiger partial charge in [-0.05, 0) is 17.7 Å². The second-order valence-corrected chi connectivity index (χ2v) is 3.93. The van der Waals surface area contributed by atoms with Gasteiger partial charge in [0.1, 0.15) is 5.75 Å². The molecular formula is C13H15N3O2. The first-order valence-electron chi connectivity index (χ1n) is 5.61. The van der Waals surface area contributed by atoms with Gasteiger partial charge < -0.3 is 15.0 Å². The summed E-state index contributed by atoms with van der Waals surface area (Å²) in [5.41, 5.74) is 6.84. The standard InChI is InChI=1S/C13H15N3O2/c1-18-12-4-2-10(3-5-12)7-16-8-11(6-14)13(17)15-9-16/h2-5,8-9H,6-7,14H2,1H3. The maximum atomic E-state index is 11.3. The molecule has 18 heavy (non-hydrogen) atoms. The van der Waals surface area contributed by atoms with Crippen LogP contribution in [0.25, 0.3) is 0 Å². The molecule has 0 aliphatic rings. The van der Waals surface area contributed by atoms with Crippen molar-refractivity contribution in [2.45, 2.75) is 13.1 Å². The fourth-order valence-corrected chi connectivity index (χ4v) is 1.67.